The number of ether oxygens (including phenoxy) is 1. The number of alkyl halides is 7. The van der Waals surface area contributed by atoms with Gasteiger partial charge in [-0.25, -0.2) is 0 Å². The smallest absolute Gasteiger partial charge is 0.357 e. The van der Waals surface area contributed by atoms with E-state index in [9.17, 15) is 26.3 Å². The normalized spacial score (nSPS) is 14.1. The molecule has 0 saturated carbocycles. The second kappa shape index (κ2) is 5.60. The van der Waals surface area contributed by atoms with E-state index >= 15 is 0 Å². The van der Waals surface area contributed by atoms with Crippen molar-refractivity contribution in [1.29, 1.82) is 0 Å². The van der Waals surface area contributed by atoms with Crippen LogP contribution in [0.2, 0.25) is 0 Å². The maximum Gasteiger partial charge on any atom is 0.423 e. The standard InChI is InChI=1S/C7H7ClF6O/c8-3-1-2-4-15-5(6(9,10)11)7(12,13)14/h1-2,5H,3-4H2/b2-1+. The van der Waals surface area contributed by atoms with Crippen LogP contribution in [-0.2, 0) is 4.74 Å². The third-order valence-electron chi connectivity index (χ3n) is 1.21. The first kappa shape index (κ1) is 14.6. The molecule has 90 valence electrons. The Labute approximate surface area is 86.6 Å². The SMILES string of the molecule is FC(F)(F)C(OC/C=C/CCl)C(F)(F)F. The lowest BCUT2D eigenvalue weighted by molar-refractivity contribution is -0.319. The molecular formula is C7H7ClF6O. The zero-order chi connectivity index (χ0) is 12.1. The number of allylic oxidation sites excluding steroid dienone is 1. The summed E-state index contributed by atoms with van der Waals surface area (Å²) in [5.74, 6) is -0.00787. The fourth-order valence-corrected chi connectivity index (χ4v) is 0.783. The fraction of sp³-hybridized carbons (Fsp3) is 0.714. The van der Waals surface area contributed by atoms with E-state index < -0.39 is 25.1 Å². The van der Waals surface area contributed by atoms with E-state index in [1.807, 2.05) is 0 Å². The van der Waals surface area contributed by atoms with Gasteiger partial charge in [0.15, 0.2) is 0 Å². The molecule has 0 unspecified atom stereocenters. The van der Waals surface area contributed by atoms with Crippen LogP contribution in [0.25, 0.3) is 0 Å². The van der Waals surface area contributed by atoms with Crippen LogP contribution in [0.4, 0.5) is 26.3 Å². The van der Waals surface area contributed by atoms with Crippen molar-refractivity contribution >= 4 is 11.6 Å². The second-order valence-electron chi connectivity index (χ2n) is 2.42. The maximum absolute atomic E-state index is 11.8. The van der Waals surface area contributed by atoms with Crippen molar-refractivity contribution in [3.8, 4) is 0 Å². The van der Waals surface area contributed by atoms with Gasteiger partial charge < -0.3 is 4.74 Å². The van der Waals surface area contributed by atoms with Crippen LogP contribution in [0.15, 0.2) is 12.2 Å². The molecule has 0 aromatic carbocycles. The van der Waals surface area contributed by atoms with Gasteiger partial charge in [0.05, 0.1) is 6.61 Å². The largest absolute Gasteiger partial charge is 0.423 e. The first-order valence-electron chi connectivity index (χ1n) is 3.65. The minimum Gasteiger partial charge on any atom is -0.357 e. The highest BCUT2D eigenvalue weighted by Gasteiger charge is 2.57. The molecule has 0 aliphatic carbocycles. The van der Waals surface area contributed by atoms with Gasteiger partial charge >= 0.3 is 12.4 Å². The fourth-order valence-electron chi connectivity index (χ4n) is 0.657. The molecule has 0 aromatic rings. The summed E-state index contributed by atoms with van der Waals surface area (Å²) in [5.41, 5.74) is 0. The average molecular weight is 257 g/mol. The first-order valence-corrected chi connectivity index (χ1v) is 4.19. The van der Waals surface area contributed by atoms with Gasteiger partial charge in [0.25, 0.3) is 0 Å². The Morgan fingerprint density at radius 3 is 1.80 bits per heavy atom. The summed E-state index contributed by atoms with van der Waals surface area (Å²) in [7, 11) is 0. The van der Waals surface area contributed by atoms with Gasteiger partial charge in [0.2, 0.25) is 6.10 Å². The van der Waals surface area contributed by atoms with E-state index in [4.69, 9.17) is 11.6 Å². The van der Waals surface area contributed by atoms with Gasteiger partial charge in [0, 0.05) is 5.88 Å². The molecule has 1 nitrogen and oxygen atoms in total. The zero-order valence-electron chi connectivity index (χ0n) is 7.20. The molecule has 0 aliphatic heterocycles. The topological polar surface area (TPSA) is 9.23 Å². The van der Waals surface area contributed by atoms with Crippen LogP contribution in [0.5, 0.6) is 0 Å². The Kier molecular flexibility index (Phi) is 5.44. The molecule has 0 fully saturated rings. The summed E-state index contributed by atoms with van der Waals surface area (Å²) in [6.07, 6.45) is -12.5. The van der Waals surface area contributed by atoms with Gasteiger partial charge in [-0.05, 0) is 0 Å². The maximum atomic E-state index is 11.8. The van der Waals surface area contributed by atoms with Gasteiger partial charge in [-0.1, -0.05) is 12.2 Å². The van der Waals surface area contributed by atoms with Crippen molar-refractivity contribution in [1.82, 2.24) is 0 Å². The van der Waals surface area contributed by atoms with Crippen LogP contribution < -0.4 is 0 Å². The summed E-state index contributed by atoms with van der Waals surface area (Å²) in [4.78, 5) is 0. The highest BCUT2D eigenvalue weighted by molar-refractivity contribution is 6.18. The van der Waals surface area contributed by atoms with Gasteiger partial charge in [-0.2, -0.15) is 26.3 Å². The quantitative estimate of drug-likeness (QED) is 0.426. The number of hydrogen-bond acceptors (Lipinski definition) is 1. The average Bonchev–Trinajstić information content (AvgIpc) is 1.99. The van der Waals surface area contributed by atoms with Crippen molar-refractivity contribution in [2.24, 2.45) is 0 Å². The van der Waals surface area contributed by atoms with Crippen LogP contribution >= 0.6 is 11.6 Å². The summed E-state index contributed by atoms with van der Waals surface area (Å²) in [6.45, 7) is -0.795. The predicted molar refractivity (Wildman–Crippen MR) is 41.7 cm³/mol. The van der Waals surface area contributed by atoms with E-state index in [2.05, 4.69) is 4.74 Å². The Balaban J connectivity index is 4.35. The molecule has 8 heteroatoms. The van der Waals surface area contributed by atoms with E-state index in [0.29, 0.717) is 0 Å². The Morgan fingerprint density at radius 2 is 1.47 bits per heavy atom. The minimum atomic E-state index is -5.47. The molecule has 0 aliphatic rings. The Bertz CT molecular complexity index is 195. The molecule has 0 saturated heterocycles. The van der Waals surface area contributed by atoms with Crippen molar-refractivity contribution < 1.29 is 31.1 Å². The third kappa shape index (κ3) is 5.88. The van der Waals surface area contributed by atoms with Crippen molar-refractivity contribution in [3.63, 3.8) is 0 Å². The van der Waals surface area contributed by atoms with Crippen molar-refractivity contribution in [2.45, 2.75) is 18.5 Å². The zero-order valence-corrected chi connectivity index (χ0v) is 7.96. The minimum absolute atomic E-state index is 0.00787. The molecule has 0 rings (SSSR count). The van der Waals surface area contributed by atoms with Gasteiger partial charge in [-0.3, -0.25) is 0 Å². The summed E-state index contributed by atoms with van der Waals surface area (Å²) < 4.78 is 74.7. The van der Waals surface area contributed by atoms with Crippen LogP contribution in [0.3, 0.4) is 0 Å². The monoisotopic (exact) mass is 256 g/mol. The van der Waals surface area contributed by atoms with Crippen molar-refractivity contribution in [3.05, 3.63) is 12.2 Å². The number of rotatable bonds is 4. The van der Waals surface area contributed by atoms with E-state index in [1.54, 1.807) is 0 Å². The molecule has 0 amide bonds. The van der Waals surface area contributed by atoms with Crippen LogP contribution in [-0.4, -0.2) is 30.9 Å². The molecule has 15 heavy (non-hydrogen) atoms. The molecule has 0 heterocycles. The predicted octanol–water partition coefficient (Wildman–Crippen LogP) is 3.29. The van der Waals surface area contributed by atoms with Gasteiger partial charge in [0.1, 0.15) is 0 Å². The van der Waals surface area contributed by atoms with E-state index in [-0.39, 0.29) is 5.88 Å². The molecule has 0 aromatic heterocycles. The lowest BCUT2D eigenvalue weighted by atomic mass is 10.3. The third-order valence-corrected chi connectivity index (χ3v) is 1.39. The molecule has 0 N–H and O–H groups in total. The summed E-state index contributed by atoms with van der Waals surface area (Å²) in [6, 6.07) is 0. The highest BCUT2D eigenvalue weighted by Crippen LogP contribution is 2.35. The van der Waals surface area contributed by atoms with E-state index in [1.165, 1.54) is 6.08 Å². The van der Waals surface area contributed by atoms with Crippen molar-refractivity contribution in [2.75, 3.05) is 12.5 Å². The first-order chi connectivity index (χ1) is 6.69. The molecular weight excluding hydrogens is 250 g/mol. The lowest BCUT2D eigenvalue weighted by Crippen LogP contribution is -2.44. The highest BCUT2D eigenvalue weighted by atomic mass is 35.5. The second-order valence-corrected chi connectivity index (χ2v) is 2.73. The Hall–Kier alpha value is -0.430. The molecule has 0 radical (unpaired) electrons. The van der Waals surface area contributed by atoms with Crippen LogP contribution in [0, 0.1) is 0 Å². The van der Waals surface area contributed by atoms with Crippen LogP contribution in [0.1, 0.15) is 0 Å². The van der Waals surface area contributed by atoms with E-state index in [0.717, 1.165) is 6.08 Å². The summed E-state index contributed by atoms with van der Waals surface area (Å²) in [5, 5.41) is 0. The number of hydrogen-bond donors (Lipinski definition) is 0. The van der Waals surface area contributed by atoms with Gasteiger partial charge in [-0.15, -0.1) is 11.6 Å². The number of halogens is 7. The molecule has 0 bridgehead atoms. The Morgan fingerprint density at radius 1 is 1.00 bits per heavy atom. The lowest BCUT2D eigenvalue weighted by Gasteiger charge is -2.22. The molecule has 0 atom stereocenters. The summed E-state index contributed by atoms with van der Waals surface area (Å²) >= 11 is 5.11. The molecule has 0 spiro atoms.